The van der Waals surface area contributed by atoms with E-state index >= 15 is 0 Å². The minimum Gasteiger partial charge on any atom is -0.456 e. The van der Waals surface area contributed by atoms with Crippen LogP contribution in [0.25, 0.3) is 0 Å². The number of rotatable bonds is 3. The van der Waals surface area contributed by atoms with Crippen LogP contribution in [0.3, 0.4) is 0 Å². The maximum atomic E-state index is 12.1. The summed E-state index contributed by atoms with van der Waals surface area (Å²) in [6.45, 7) is 1.53. The van der Waals surface area contributed by atoms with Crippen molar-refractivity contribution in [1.82, 2.24) is 9.88 Å². The van der Waals surface area contributed by atoms with Crippen LogP contribution >= 0.6 is 23.2 Å². The summed E-state index contributed by atoms with van der Waals surface area (Å²) in [4.78, 5) is 18.0. The molecule has 0 saturated carbocycles. The van der Waals surface area contributed by atoms with Gasteiger partial charge in [-0.1, -0.05) is 23.2 Å². The molecule has 1 aromatic carbocycles. The predicted octanol–water partition coefficient (Wildman–Crippen LogP) is 4.39. The first-order valence-corrected chi connectivity index (χ1v) is 8.23. The molecule has 3 N–H and O–H groups in total. The van der Waals surface area contributed by atoms with Gasteiger partial charge in [0.25, 0.3) is 0 Å². The molecule has 0 bridgehead atoms. The van der Waals surface area contributed by atoms with Crippen LogP contribution in [-0.4, -0.2) is 29.0 Å². The number of aromatic nitrogens is 1. The van der Waals surface area contributed by atoms with E-state index in [1.165, 1.54) is 0 Å². The maximum absolute atomic E-state index is 12.1. The maximum Gasteiger partial charge on any atom is 0.323 e. The Kier molecular flexibility index (Phi) is 4.97. The van der Waals surface area contributed by atoms with E-state index in [-0.39, 0.29) is 16.1 Å². The van der Waals surface area contributed by atoms with Gasteiger partial charge in [-0.05, 0) is 31.0 Å². The molecule has 1 saturated heterocycles. The van der Waals surface area contributed by atoms with Gasteiger partial charge in [0, 0.05) is 25.4 Å². The van der Waals surface area contributed by atoms with Crippen molar-refractivity contribution in [3.05, 3.63) is 40.5 Å². The molecule has 1 aliphatic rings. The number of nitrogens with zero attached hydrogens (tertiary/aromatic N) is 2. The van der Waals surface area contributed by atoms with Gasteiger partial charge in [-0.3, -0.25) is 5.32 Å². The molecular weight excluding hydrogens is 351 g/mol. The molecule has 2 amide bonds. The topological polar surface area (TPSA) is 80.5 Å². The van der Waals surface area contributed by atoms with E-state index in [0.717, 1.165) is 25.9 Å². The highest BCUT2D eigenvalue weighted by atomic mass is 35.5. The van der Waals surface area contributed by atoms with Gasteiger partial charge in [0.05, 0.1) is 10.7 Å². The number of carbonyl (C=O) groups is 1. The molecule has 0 unspecified atom stereocenters. The summed E-state index contributed by atoms with van der Waals surface area (Å²) >= 11 is 12.1. The summed E-state index contributed by atoms with van der Waals surface area (Å²) in [6.07, 6.45) is 3.60. The summed E-state index contributed by atoms with van der Waals surface area (Å²) in [5.74, 6) is 1.26. The minimum atomic E-state index is -0.161. The first-order chi connectivity index (χ1) is 11.5. The second-order valence-corrected chi connectivity index (χ2v) is 6.14. The van der Waals surface area contributed by atoms with Crippen molar-refractivity contribution in [3.63, 3.8) is 0 Å². The molecule has 6 nitrogen and oxygen atoms in total. The zero-order valence-electron chi connectivity index (χ0n) is 12.8. The van der Waals surface area contributed by atoms with Crippen LogP contribution in [0.4, 0.5) is 16.3 Å². The van der Waals surface area contributed by atoms with E-state index in [0.29, 0.717) is 23.0 Å². The zero-order valence-corrected chi connectivity index (χ0v) is 14.3. The number of nitrogens with one attached hydrogen (secondary N) is 1. The molecule has 2 heterocycles. The summed E-state index contributed by atoms with van der Waals surface area (Å²) in [5, 5.41) is 3.24. The first kappa shape index (κ1) is 16.7. The normalized spacial score (nSPS) is 13.8. The molecule has 1 aromatic heterocycles. The Morgan fingerprint density at radius 2 is 1.96 bits per heavy atom. The lowest BCUT2D eigenvalue weighted by atomic mass is 10.3. The molecule has 24 heavy (non-hydrogen) atoms. The van der Waals surface area contributed by atoms with Crippen LogP contribution in [0.2, 0.25) is 10.0 Å². The molecule has 3 rings (SSSR count). The smallest absolute Gasteiger partial charge is 0.323 e. The number of halogens is 2. The Morgan fingerprint density at radius 3 is 2.71 bits per heavy atom. The van der Waals surface area contributed by atoms with Crippen molar-refractivity contribution >= 4 is 40.7 Å². The molecule has 1 fully saturated rings. The summed E-state index contributed by atoms with van der Waals surface area (Å²) < 4.78 is 5.72. The van der Waals surface area contributed by atoms with Crippen molar-refractivity contribution in [2.75, 3.05) is 24.1 Å². The molecule has 0 atom stereocenters. The van der Waals surface area contributed by atoms with Crippen LogP contribution in [0.1, 0.15) is 12.8 Å². The Labute approximate surface area is 149 Å². The van der Waals surface area contributed by atoms with E-state index < -0.39 is 0 Å². The van der Waals surface area contributed by atoms with Crippen molar-refractivity contribution in [2.24, 2.45) is 0 Å². The van der Waals surface area contributed by atoms with Crippen LogP contribution < -0.4 is 15.8 Å². The van der Waals surface area contributed by atoms with Gasteiger partial charge in [-0.15, -0.1) is 0 Å². The number of urea groups is 1. The van der Waals surface area contributed by atoms with Crippen molar-refractivity contribution in [1.29, 1.82) is 0 Å². The number of ether oxygens (including phenoxy) is 1. The van der Waals surface area contributed by atoms with Crippen molar-refractivity contribution in [3.8, 4) is 11.5 Å². The fraction of sp³-hybridized carbons (Fsp3) is 0.250. The third-order valence-corrected chi connectivity index (χ3v) is 4.54. The molecule has 1 aliphatic heterocycles. The van der Waals surface area contributed by atoms with Gasteiger partial charge in [0.15, 0.2) is 0 Å². The number of hydrogen-bond donors (Lipinski definition) is 2. The highest BCUT2D eigenvalue weighted by Crippen LogP contribution is 2.38. The molecule has 2 aromatic rings. The second kappa shape index (κ2) is 7.15. The molecule has 126 valence electrons. The number of hydrogen-bond acceptors (Lipinski definition) is 4. The largest absolute Gasteiger partial charge is 0.456 e. The monoisotopic (exact) mass is 366 g/mol. The van der Waals surface area contributed by atoms with Gasteiger partial charge in [-0.25, -0.2) is 9.78 Å². The quantitative estimate of drug-likeness (QED) is 0.789. The van der Waals surface area contributed by atoms with Gasteiger partial charge in [0.1, 0.15) is 22.3 Å². The molecule has 8 heteroatoms. The number of amides is 2. The van der Waals surface area contributed by atoms with Crippen molar-refractivity contribution in [2.45, 2.75) is 12.8 Å². The molecule has 0 spiro atoms. The Bertz CT molecular complexity index is 764. The van der Waals surface area contributed by atoms with Crippen LogP contribution in [0.5, 0.6) is 11.5 Å². The average molecular weight is 367 g/mol. The highest BCUT2D eigenvalue weighted by molar-refractivity contribution is 6.44. The SMILES string of the molecule is Nc1ccc(Oc2ccnc(NC(=O)N3CCCC3)c2)c(Cl)c1Cl. The van der Waals surface area contributed by atoms with E-state index in [1.807, 2.05) is 0 Å². The highest BCUT2D eigenvalue weighted by Gasteiger charge is 2.18. The molecular formula is C16H16Cl2N4O2. The average Bonchev–Trinajstić information content (AvgIpc) is 3.10. The second-order valence-electron chi connectivity index (χ2n) is 5.38. The number of likely N-dealkylation sites (tertiary alicyclic amines) is 1. The van der Waals surface area contributed by atoms with E-state index in [2.05, 4.69) is 10.3 Å². The summed E-state index contributed by atoms with van der Waals surface area (Å²) in [7, 11) is 0. The number of carbonyl (C=O) groups excluding carboxylic acids is 1. The van der Waals surface area contributed by atoms with Gasteiger partial charge >= 0.3 is 6.03 Å². The first-order valence-electron chi connectivity index (χ1n) is 7.48. The van der Waals surface area contributed by atoms with Gasteiger partial charge in [-0.2, -0.15) is 0 Å². The third-order valence-electron chi connectivity index (χ3n) is 3.66. The third kappa shape index (κ3) is 3.66. The Hall–Kier alpha value is -2.18. The lowest BCUT2D eigenvalue weighted by Gasteiger charge is -2.16. The summed E-state index contributed by atoms with van der Waals surface area (Å²) in [6, 6.07) is 6.36. The van der Waals surface area contributed by atoms with Gasteiger partial charge < -0.3 is 15.4 Å². The molecule has 0 aliphatic carbocycles. The Morgan fingerprint density at radius 1 is 1.21 bits per heavy atom. The number of benzene rings is 1. The number of anilines is 2. The minimum absolute atomic E-state index is 0.161. The lowest BCUT2D eigenvalue weighted by molar-refractivity contribution is 0.222. The van der Waals surface area contributed by atoms with Crippen molar-refractivity contribution < 1.29 is 9.53 Å². The predicted molar refractivity (Wildman–Crippen MR) is 95.0 cm³/mol. The number of nitrogen functional groups attached to an aromatic ring is 1. The van der Waals surface area contributed by atoms with E-state index in [9.17, 15) is 4.79 Å². The Balaban J connectivity index is 1.73. The standard InChI is InChI=1S/C16H16Cl2N4O2/c17-14-11(19)3-4-12(15(14)18)24-10-5-6-20-13(9-10)21-16(23)22-7-1-2-8-22/h3-6,9H,1-2,7-8,19H2,(H,20,21,23). The van der Waals surface area contributed by atoms with Crippen LogP contribution in [-0.2, 0) is 0 Å². The van der Waals surface area contributed by atoms with E-state index in [1.54, 1.807) is 35.4 Å². The van der Waals surface area contributed by atoms with Crippen LogP contribution in [0.15, 0.2) is 30.5 Å². The lowest BCUT2D eigenvalue weighted by Crippen LogP contribution is -2.32. The van der Waals surface area contributed by atoms with E-state index in [4.69, 9.17) is 33.7 Å². The zero-order chi connectivity index (χ0) is 17.1. The number of nitrogens with two attached hydrogens (primary N) is 1. The fourth-order valence-electron chi connectivity index (χ4n) is 2.40. The summed E-state index contributed by atoms with van der Waals surface area (Å²) in [5.41, 5.74) is 6.06. The van der Waals surface area contributed by atoms with Gasteiger partial charge in [0.2, 0.25) is 0 Å². The fourth-order valence-corrected chi connectivity index (χ4v) is 2.77. The molecule has 0 radical (unpaired) electrons. The van der Waals surface area contributed by atoms with Crippen LogP contribution in [0, 0.1) is 0 Å². The number of pyridine rings is 1.